The SMILES string of the molecule is CC(O)CC(C)(C)CNC(=O)CCn1cnc2ccccc21. The molecule has 0 aliphatic carbocycles. The molecule has 0 bridgehead atoms. The number of carbonyl (C=O) groups is 1. The van der Waals surface area contributed by atoms with Crippen LogP contribution in [0.15, 0.2) is 30.6 Å². The molecule has 0 spiro atoms. The maximum Gasteiger partial charge on any atom is 0.221 e. The number of hydrogen-bond donors (Lipinski definition) is 2. The first kappa shape index (κ1) is 16.5. The maximum atomic E-state index is 12.0. The minimum Gasteiger partial charge on any atom is -0.393 e. The summed E-state index contributed by atoms with van der Waals surface area (Å²) in [7, 11) is 0. The molecule has 1 aromatic carbocycles. The molecule has 0 saturated heterocycles. The van der Waals surface area contributed by atoms with E-state index in [9.17, 15) is 9.90 Å². The predicted octanol–water partition coefficient (Wildman–Crippen LogP) is 2.34. The zero-order valence-electron chi connectivity index (χ0n) is 13.5. The molecule has 1 unspecified atom stereocenters. The van der Waals surface area contributed by atoms with Crippen molar-refractivity contribution in [3.8, 4) is 0 Å². The van der Waals surface area contributed by atoms with Crippen LogP contribution in [0.3, 0.4) is 0 Å². The fraction of sp³-hybridized carbons (Fsp3) is 0.529. The molecular formula is C17H25N3O2. The number of benzene rings is 1. The van der Waals surface area contributed by atoms with E-state index in [-0.39, 0.29) is 17.4 Å². The van der Waals surface area contributed by atoms with Gasteiger partial charge in [-0.15, -0.1) is 0 Å². The smallest absolute Gasteiger partial charge is 0.221 e. The molecule has 0 saturated carbocycles. The van der Waals surface area contributed by atoms with Gasteiger partial charge in [0.05, 0.1) is 23.5 Å². The highest BCUT2D eigenvalue weighted by molar-refractivity contribution is 5.77. The highest BCUT2D eigenvalue weighted by Gasteiger charge is 2.21. The summed E-state index contributed by atoms with van der Waals surface area (Å²) in [5, 5.41) is 12.4. The Bertz CT molecular complexity index is 632. The first-order chi connectivity index (χ1) is 10.4. The van der Waals surface area contributed by atoms with Crippen LogP contribution in [-0.2, 0) is 11.3 Å². The molecule has 1 aromatic heterocycles. The summed E-state index contributed by atoms with van der Waals surface area (Å²) < 4.78 is 2.00. The summed E-state index contributed by atoms with van der Waals surface area (Å²) in [6.45, 7) is 7.05. The average Bonchev–Trinajstić information content (AvgIpc) is 2.85. The lowest BCUT2D eigenvalue weighted by Gasteiger charge is -2.26. The van der Waals surface area contributed by atoms with Crippen LogP contribution >= 0.6 is 0 Å². The maximum absolute atomic E-state index is 12.0. The van der Waals surface area contributed by atoms with E-state index in [1.165, 1.54) is 0 Å². The van der Waals surface area contributed by atoms with Crippen LogP contribution < -0.4 is 5.32 Å². The van der Waals surface area contributed by atoms with Crippen molar-refractivity contribution >= 4 is 16.9 Å². The number of amides is 1. The molecule has 1 atom stereocenters. The van der Waals surface area contributed by atoms with E-state index in [4.69, 9.17) is 0 Å². The Morgan fingerprint density at radius 2 is 2.14 bits per heavy atom. The van der Waals surface area contributed by atoms with Crippen molar-refractivity contribution < 1.29 is 9.90 Å². The monoisotopic (exact) mass is 303 g/mol. The van der Waals surface area contributed by atoms with Gasteiger partial charge in [0.2, 0.25) is 5.91 Å². The number of fused-ring (bicyclic) bond motifs is 1. The standard InChI is InChI=1S/C17H25N3O2/c1-13(21)10-17(2,3)11-18-16(22)8-9-20-12-19-14-6-4-5-7-15(14)20/h4-7,12-13,21H,8-11H2,1-3H3,(H,18,22). The molecule has 2 rings (SSSR count). The lowest BCUT2D eigenvalue weighted by molar-refractivity contribution is -0.121. The van der Waals surface area contributed by atoms with Gasteiger partial charge in [0.1, 0.15) is 0 Å². The quantitative estimate of drug-likeness (QED) is 0.825. The Hall–Kier alpha value is -1.88. The fourth-order valence-corrected chi connectivity index (χ4v) is 2.71. The molecule has 1 amide bonds. The van der Waals surface area contributed by atoms with Gasteiger partial charge in [-0.1, -0.05) is 26.0 Å². The van der Waals surface area contributed by atoms with Crippen molar-refractivity contribution in [2.45, 2.75) is 46.3 Å². The van der Waals surface area contributed by atoms with Gasteiger partial charge >= 0.3 is 0 Å². The van der Waals surface area contributed by atoms with Gasteiger partial charge < -0.3 is 15.0 Å². The van der Waals surface area contributed by atoms with E-state index < -0.39 is 0 Å². The highest BCUT2D eigenvalue weighted by Crippen LogP contribution is 2.21. The van der Waals surface area contributed by atoms with Crippen molar-refractivity contribution in [1.82, 2.24) is 14.9 Å². The van der Waals surface area contributed by atoms with Crippen molar-refractivity contribution in [1.29, 1.82) is 0 Å². The molecule has 5 heteroatoms. The largest absolute Gasteiger partial charge is 0.393 e. The minimum absolute atomic E-state index is 0.0245. The zero-order valence-corrected chi connectivity index (χ0v) is 13.5. The number of imidazole rings is 1. The third kappa shape index (κ3) is 4.56. The number of aryl methyl sites for hydroxylation is 1. The first-order valence-electron chi connectivity index (χ1n) is 7.72. The number of aliphatic hydroxyl groups excluding tert-OH is 1. The molecule has 2 aromatic rings. The first-order valence-corrected chi connectivity index (χ1v) is 7.72. The molecule has 0 fully saturated rings. The Labute approximate surface area is 131 Å². The molecule has 0 aliphatic rings. The molecule has 1 heterocycles. The van der Waals surface area contributed by atoms with E-state index in [2.05, 4.69) is 10.3 Å². The molecule has 120 valence electrons. The van der Waals surface area contributed by atoms with Crippen LogP contribution in [0.2, 0.25) is 0 Å². The third-order valence-corrected chi connectivity index (χ3v) is 3.72. The number of hydrogen-bond acceptors (Lipinski definition) is 3. The number of nitrogens with one attached hydrogen (secondary N) is 1. The lowest BCUT2D eigenvalue weighted by Crippen LogP contribution is -2.36. The van der Waals surface area contributed by atoms with E-state index >= 15 is 0 Å². The van der Waals surface area contributed by atoms with Crippen molar-refractivity contribution in [2.75, 3.05) is 6.54 Å². The molecule has 5 nitrogen and oxygen atoms in total. The molecule has 22 heavy (non-hydrogen) atoms. The topological polar surface area (TPSA) is 67.2 Å². The Balaban J connectivity index is 1.83. The van der Waals surface area contributed by atoms with Crippen LogP contribution in [0, 0.1) is 5.41 Å². The fourth-order valence-electron chi connectivity index (χ4n) is 2.71. The van der Waals surface area contributed by atoms with E-state index in [0.29, 0.717) is 25.9 Å². The normalized spacial score (nSPS) is 13.3. The molecular weight excluding hydrogens is 278 g/mol. The lowest BCUT2D eigenvalue weighted by atomic mass is 9.87. The van der Waals surface area contributed by atoms with Gasteiger partial charge in [-0.3, -0.25) is 4.79 Å². The number of carbonyl (C=O) groups excluding carboxylic acids is 1. The Kier molecular flexibility index (Phi) is 5.19. The summed E-state index contributed by atoms with van der Waals surface area (Å²) in [5.74, 6) is 0.0245. The van der Waals surface area contributed by atoms with Crippen LogP contribution in [0.5, 0.6) is 0 Å². The third-order valence-electron chi connectivity index (χ3n) is 3.72. The summed E-state index contributed by atoms with van der Waals surface area (Å²) in [4.78, 5) is 16.3. The minimum atomic E-state index is -0.357. The van der Waals surface area contributed by atoms with Crippen LogP contribution in [0.25, 0.3) is 11.0 Å². The van der Waals surface area contributed by atoms with Gasteiger partial charge in [0.15, 0.2) is 0 Å². The average molecular weight is 303 g/mol. The predicted molar refractivity (Wildman–Crippen MR) is 87.4 cm³/mol. The van der Waals surface area contributed by atoms with Gasteiger partial charge in [-0.05, 0) is 30.9 Å². The van der Waals surface area contributed by atoms with E-state index in [1.54, 1.807) is 13.3 Å². The van der Waals surface area contributed by atoms with Crippen molar-refractivity contribution in [3.05, 3.63) is 30.6 Å². The molecule has 0 radical (unpaired) electrons. The summed E-state index contributed by atoms with van der Waals surface area (Å²) in [6, 6.07) is 7.90. The number of para-hydroxylation sites is 2. The molecule has 0 aliphatic heterocycles. The van der Waals surface area contributed by atoms with E-state index in [0.717, 1.165) is 11.0 Å². The second kappa shape index (κ2) is 6.92. The Morgan fingerprint density at radius 1 is 1.41 bits per heavy atom. The van der Waals surface area contributed by atoms with E-state index in [1.807, 2.05) is 42.7 Å². The second-order valence-corrected chi connectivity index (χ2v) is 6.67. The number of rotatable bonds is 7. The van der Waals surface area contributed by atoms with Crippen LogP contribution in [0.4, 0.5) is 0 Å². The van der Waals surface area contributed by atoms with Gasteiger partial charge in [-0.2, -0.15) is 0 Å². The van der Waals surface area contributed by atoms with Gasteiger partial charge in [0, 0.05) is 19.5 Å². The van der Waals surface area contributed by atoms with Gasteiger partial charge in [0.25, 0.3) is 0 Å². The number of aliphatic hydroxyl groups is 1. The summed E-state index contributed by atoms with van der Waals surface area (Å²) >= 11 is 0. The zero-order chi connectivity index (χ0) is 16.2. The van der Waals surface area contributed by atoms with Crippen LogP contribution in [0.1, 0.15) is 33.6 Å². The number of aromatic nitrogens is 2. The Morgan fingerprint density at radius 3 is 2.86 bits per heavy atom. The number of nitrogens with zero attached hydrogens (tertiary/aromatic N) is 2. The summed E-state index contributed by atoms with van der Waals surface area (Å²) in [5.41, 5.74) is 1.89. The highest BCUT2D eigenvalue weighted by atomic mass is 16.3. The second-order valence-electron chi connectivity index (χ2n) is 6.67. The van der Waals surface area contributed by atoms with Crippen molar-refractivity contribution in [3.63, 3.8) is 0 Å². The van der Waals surface area contributed by atoms with Crippen molar-refractivity contribution in [2.24, 2.45) is 5.41 Å². The van der Waals surface area contributed by atoms with Crippen LogP contribution in [-0.4, -0.2) is 33.2 Å². The summed E-state index contributed by atoms with van der Waals surface area (Å²) in [6.07, 6.45) is 2.50. The van der Waals surface area contributed by atoms with Gasteiger partial charge in [-0.25, -0.2) is 4.98 Å². The molecule has 2 N–H and O–H groups in total.